The quantitative estimate of drug-likeness (QED) is 0.894. The fraction of sp³-hybridized carbons (Fsp3) is 0.611. The molecule has 2 heterocycles. The molecule has 1 saturated heterocycles. The molecule has 2 atom stereocenters. The van der Waals surface area contributed by atoms with Crippen LogP contribution in [0.5, 0.6) is 11.5 Å². The Balaban J connectivity index is 1.47. The van der Waals surface area contributed by atoms with Crippen molar-refractivity contribution in [2.24, 2.45) is 5.41 Å². The lowest BCUT2D eigenvalue weighted by atomic mass is 9.51. The Labute approximate surface area is 141 Å². The molecule has 1 aromatic carbocycles. The summed E-state index contributed by atoms with van der Waals surface area (Å²) < 4.78 is 16.3. The molecule has 2 fully saturated rings. The van der Waals surface area contributed by atoms with Crippen LogP contribution >= 0.6 is 0 Å². The van der Waals surface area contributed by atoms with Gasteiger partial charge in [0.05, 0.1) is 11.7 Å². The molecule has 1 aromatic rings. The summed E-state index contributed by atoms with van der Waals surface area (Å²) in [6.07, 6.45) is 1.84. The number of aliphatic hydroxyl groups is 1. The lowest BCUT2D eigenvalue weighted by Crippen LogP contribution is -2.69. The maximum absolute atomic E-state index is 12.8. The second-order valence-electron chi connectivity index (χ2n) is 7.17. The van der Waals surface area contributed by atoms with Crippen molar-refractivity contribution in [1.82, 2.24) is 4.90 Å². The fourth-order valence-electron chi connectivity index (χ4n) is 4.46. The van der Waals surface area contributed by atoms with Crippen LogP contribution in [0, 0.1) is 5.41 Å². The molecule has 6 nitrogen and oxygen atoms in total. The van der Waals surface area contributed by atoms with Gasteiger partial charge >= 0.3 is 0 Å². The second-order valence-corrected chi connectivity index (χ2v) is 7.17. The second kappa shape index (κ2) is 5.36. The first kappa shape index (κ1) is 15.7. The highest BCUT2D eigenvalue weighted by atomic mass is 16.7. The standard InChI is InChI=1S/C18H23NO5/c1-17(22-2)10-15(20)18(17)5-7-19(8-6-18)16(21)12-3-4-13-14(9-12)24-11-23-13/h3-4,9,15,20H,5-8,10-11H2,1-2H3. The first-order valence-corrected chi connectivity index (χ1v) is 8.41. The van der Waals surface area contributed by atoms with Crippen molar-refractivity contribution in [2.75, 3.05) is 27.0 Å². The van der Waals surface area contributed by atoms with Crippen LogP contribution in [0.3, 0.4) is 0 Å². The average Bonchev–Trinajstić information content (AvgIpc) is 3.08. The molecular formula is C18H23NO5. The summed E-state index contributed by atoms with van der Waals surface area (Å²) in [5.74, 6) is 1.30. The summed E-state index contributed by atoms with van der Waals surface area (Å²) in [6, 6.07) is 5.29. The predicted molar refractivity (Wildman–Crippen MR) is 86.2 cm³/mol. The van der Waals surface area contributed by atoms with Crippen LogP contribution in [0.25, 0.3) is 0 Å². The van der Waals surface area contributed by atoms with Crippen LogP contribution in [0.1, 0.15) is 36.5 Å². The van der Waals surface area contributed by atoms with Crippen molar-refractivity contribution >= 4 is 5.91 Å². The van der Waals surface area contributed by atoms with E-state index in [9.17, 15) is 9.90 Å². The average molecular weight is 333 g/mol. The van der Waals surface area contributed by atoms with Gasteiger partial charge < -0.3 is 24.2 Å². The zero-order valence-electron chi connectivity index (χ0n) is 14.1. The van der Waals surface area contributed by atoms with E-state index < -0.39 is 0 Å². The third-order valence-electron chi connectivity index (χ3n) is 6.29. The maximum atomic E-state index is 12.8. The van der Waals surface area contributed by atoms with Crippen LogP contribution in [0.4, 0.5) is 0 Å². The van der Waals surface area contributed by atoms with Gasteiger partial charge in [-0.05, 0) is 38.0 Å². The minimum atomic E-state index is -0.342. The van der Waals surface area contributed by atoms with Gasteiger partial charge in [0.25, 0.3) is 5.91 Å². The Kier molecular flexibility index (Phi) is 3.51. The van der Waals surface area contributed by atoms with Crippen molar-refractivity contribution < 1.29 is 24.1 Å². The molecule has 0 radical (unpaired) electrons. The Bertz CT molecular complexity index is 667. The molecular weight excluding hydrogens is 310 g/mol. The first-order valence-electron chi connectivity index (χ1n) is 8.41. The number of carbonyl (C=O) groups is 1. The summed E-state index contributed by atoms with van der Waals surface area (Å²) in [5.41, 5.74) is 0.0899. The molecule has 1 aliphatic carbocycles. The molecule has 0 aromatic heterocycles. The summed E-state index contributed by atoms with van der Waals surface area (Å²) in [4.78, 5) is 14.6. The van der Waals surface area contributed by atoms with E-state index in [-0.39, 0.29) is 29.8 Å². The number of rotatable bonds is 2. The van der Waals surface area contributed by atoms with Gasteiger partial charge in [0, 0.05) is 37.6 Å². The van der Waals surface area contributed by atoms with E-state index in [1.807, 2.05) is 4.90 Å². The van der Waals surface area contributed by atoms with Crippen molar-refractivity contribution in [2.45, 2.75) is 37.9 Å². The van der Waals surface area contributed by atoms with E-state index in [2.05, 4.69) is 6.92 Å². The Morgan fingerprint density at radius 1 is 1.29 bits per heavy atom. The minimum Gasteiger partial charge on any atom is -0.454 e. The number of piperidine rings is 1. The van der Waals surface area contributed by atoms with Gasteiger partial charge in [0.2, 0.25) is 6.79 Å². The first-order chi connectivity index (χ1) is 11.5. The number of methoxy groups -OCH3 is 1. The molecule has 130 valence electrons. The number of aliphatic hydroxyl groups excluding tert-OH is 1. The molecule has 1 N–H and O–H groups in total. The molecule has 0 bridgehead atoms. The number of nitrogens with zero attached hydrogens (tertiary/aromatic N) is 1. The van der Waals surface area contributed by atoms with Crippen LogP contribution in [-0.4, -0.2) is 54.6 Å². The lowest BCUT2D eigenvalue weighted by molar-refractivity contribution is -0.259. The molecule has 1 amide bonds. The third-order valence-corrected chi connectivity index (χ3v) is 6.29. The fourth-order valence-corrected chi connectivity index (χ4v) is 4.46. The molecule has 4 rings (SSSR count). The Morgan fingerprint density at radius 2 is 2.00 bits per heavy atom. The molecule has 24 heavy (non-hydrogen) atoms. The highest BCUT2D eigenvalue weighted by molar-refractivity contribution is 5.95. The molecule has 1 saturated carbocycles. The van der Waals surface area contributed by atoms with E-state index in [0.29, 0.717) is 36.6 Å². The molecule has 3 aliphatic rings. The minimum absolute atomic E-state index is 0.00363. The maximum Gasteiger partial charge on any atom is 0.253 e. The number of amides is 1. The monoisotopic (exact) mass is 333 g/mol. The number of hydrogen-bond donors (Lipinski definition) is 1. The third kappa shape index (κ3) is 2.06. The van der Waals surface area contributed by atoms with Crippen molar-refractivity contribution in [3.05, 3.63) is 23.8 Å². The van der Waals surface area contributed by atoms with E-state index in [1.165, 1.54) is 0 Å². The van der Waals surface area contributed by atoms with Crippen LogP contribution in [0.15, 0.2) is 18.2 Å². The zero-order chi connectivity index (χ0) is 16.9. The topological polar surface area (TPSA) is 68.2 Å². The van der Waals surface area contributed by atoms with Crippen molar-refractivity contribution in [3.8, 4) is 11.5 Å². The van der Waals surface area contributed by atoms with E-state index in [0.717, 1.165) is 12.8 Å². The number of carbonyl (C=O) groups excluding carboxylic acids is 1. The summed E-state index contributed by atoms with van der Waals surface area (Å²) in [7, 11) is 1.71. The SMILES string of the molecule is COC1(C)CC(O)C12CCN(C(=O)c1ccc3c(c1)OCO3)CC2. The molecule has 6 heteroatoms. The summed E-state index contributed by atoms with van der Waals surface area (Å²) in [5, 5.41) is 10.3. The number of likely N-dealkylation sites (tertiary alicyclic amines) is 1. The molecule has 2 unspecified atom stereocenters. The zero-order valence-corrected chi connectivity index (χ0v) is 14.1. The van der Waals surface area contributed by atoms with Crippen LogP contribution < -0.4 is 9.47 Å². The number of ether oxygens (including phenoxy) is 3. The Hall–Kier alpha value is -1.79. The van der Waals surface area contributed by atoms with Gasteiger partial charge in [-0.3, -0.25) is 4.79 Å². The largest absolute Gasteiger partial charge is 0.454 e. The normalized spacial score (nSPS) is 30.3. The van der Waals surface area contributed by atoms with Crippen molar-refractivity contribution in [1.29, 1.82) is 0 Å². The van der Waals surface area contributed by atoms with Gasteiger partial charge in [0.15, 0.2) is 11.5 Å². The highest BCUT2D eigenvalue weighted by Gasteiger charge is 2.63. The summed E-state index contributed by atoms with van der Waals surface area (Å²) in [6.45, 7) is 3.52. The predicted octanol–water partition coefficient (Wildman–Crippen LogP) is 1.81. The smallest absolute Gasteiger partial charge is 0.253 e. The van der Waals surface area contributed by atoms with Crippen LogP contribution in [0.2, 0.25) is 0 Å². The van der Waals surface area contributed by atoms with E-state index in [1.54, 1.807) is 25.3 Å². The number of fused-ring (bicyclic) bond motifs is 1. The lowest BCUT2D eigenvalue weighted by Gasteiger charge is -2.62. The van der Waals surface area contributed by atoms with Gasteiger partial charge in [0.1, 0.15) is 0 Å². The van der Waals surface area contributed by atoms with Gasteiger partial charge in [-0.1, -0.05) is 0 Å². The van der Waals surface area contributed by atoms with Gasteiger partial charge in [-0.2, -0.15) is 0 Å². The molecule has 1 spiro atoms. The van der Waals surface area contributed by atoms with Crippen molar-refractivity contribution in [3.63, 3.8) is 0 Å². The van der Waals surface area contributed by atoms with Crippen LogP contribution in [-0.2, 0) is 4.74 Å². The van der Waals surface area contributed by atoms with Gasteiger partial charge in [-0.15, -0.1) is 0 Å². The van der Waals surface area contributed by atoms with E-state index >= 15 is 0 Å². The number of hydrogen-bond acceptors (Lipinski definition) is 5. The highest BCUT2D eigenvalue weighted by Crippen LogP contribution is 2.58. The molecule has 2 aliphatic heterocycles. The Morgan fingerprint density at radius 3 is 2.67 bits per heavy atom. The number of benzene rings is 1. The summed E-state index contributed by atoms with van der Waals surface area (Å²) >= 11 is 0. The van der Waals surface area contributed by atoms with Gasteiger partial charge in [-0.25, -0.2) is 0 Å². The van der Waals surface area contributed by atoms with E-state index in [4.69, 9.17) is 14.2 Å².